The Labute approximate surface area is 118 Å². The Morgan fingerprint density at radius 1 is 1.48 bits per heavy atom. The molecule has 1 rings (SSSR count). The Morgan fingerprint density at radius 2 is 2.10 bits per heavy atom. The highest BCUT2D eigenvalue weighted by Crippen LogP contribution is 2.23. The fourth-order valence-electron chi connectivity index (χ4n) is 1.80. The maximum Gasteiger partial charge on any atom is 0.406 e. The van der Waals surface area contributed by atoms with Crippen molar-refractivity contribution in [2.24, 2.45) is 0 Å². The van der Waals surface area contributed by atoms with Crippen molar-refractivity contribution in [3.05, 3.63) is 35.8 Å². The smallest absolute Gasteiger partial charge is 0.406 e. The number of amides is 1. The summed E-state index contributed by atoms with van der Waals surface area (Å²) in [6, 6.07) is 0. The van der Waals surface area contributed by atoms with E-state index in [1.807, 2.05) is 0 Å². The first-order valence-electron chi connectivity index (χ1n) is 5.91. The summed E-state index contributed by atoms with van der Waals surface area (Å²) < 4.78 is 42.4. The van der Waals surface area contributed by atoms with Gasteiger partial charge in [0.05, 0.1) is 11.8 Å². The molecule has 0 radical (unpaired) electrons. The molecular weight excluding hydrogens is 291 g/mol. The number of aryl methyl sites for hydroxylation is 1. The van der Waals surface area contributed by atoms with Crippen LogP contribution < -0.4 is 0 Å². The van der Waals surface area contributed by atoms with Crippen LogP contribution in [0, 0.1) is 6.92 Å². The molecule has 116 valence electrons. The molecule has 0 aliphatic heterocycles. The number of hydrogen-bond acceptors (Lipinski definition) is 3. The second-order valence-electron chi connectivity index (χ2n) is 4.38. The van der Waals surface area contributed by atoms with Gasteiger partial charge in [-0.15, -0.1) is 6.58 Å². The first kappa shape index (κ1) is 16.8. The third-order valence-corrected chi connectivity index (χ3v) is 2.58. The Kier molecular flexibility index (Phi) is 5.17. The molecule has 8 heteroatoms. The van der Waals surface area contributed by atoms with Crippen molar-refractivity contribution in [2.45, 2.75) is 19.5 Å². The van der Waals surface area contributed by atoms with E-state index in [0.29, 0.717) is 4.90 Å². The molecule has 0 aliphatic carbocycles. The SMILES string of the molecule is C=CCN(CC(F)(F)F)C(=O)c1c(C)coc1CC(=O)O. The number of carboxylic acid groups (broad SMARTS) is 1. The van der Waals surface area contributed by atoms with Gasteiger partial charge >= 0.3 is 12.1 Å². The van der Waals surface area contributed by atoms with Crippen molar-refractivity contribution < 1.29 is 32.3 Å². The maximum atomic E-state index is 12.5. The van der Waals surface area contributed by atoms with Crippen molar-refractivity contribution >= 4 is 11.9 Å². The van der Waals surface area contributed by atoms with E-state index in [1.165, 1.54) is 6.92 Å². The van der Waals surface area contributed by atoms with Gasteiger partial charge in [-0.1, -0.05) is 6.08 Å². The van der Waals surface area contributed by atoms with Crippen molar-refractivity contribution in [2.75, 3.05) is 13.1 Å². The molecule has 0 saturated carbocycles. The summed E-state index contributed by atoms with van der Waals surface area (Å²) in [6.07, 6.45) is -2.84. The molecule has 21 heavy (non-hydrogen) atoms. The second-order valence-corrected chi connectivity index (χ2v) is 4.38. The van der Waals surface area contributed by atoms with Gasteiger partial charge < -0.3 is 14.4 Å². The highest BCUT2D eigenvalue weighted by Gasteiger charge is 2.34. The number of carboxylic acids is 1. The average molecular weight is 305 g/mol. The number of aliphatic carboxylic acids is 1. The predicted molar refractivity (Wildman–Crippen MR) is 66.9 cm³/mol. The predicted octanol–water partition coefficient (Wildman–Crippen LogP) is 2.41. The number of carbonyl (C=O) groups is 2. The standard InChI is InChI=1S/C13H14F3NO4/c1-3-4-17(7-13(14,15)16)12(20)11-8(2)6-21-9(11)5-10(18)19/h3,6H,1,4-5,7H2,2H3,(H,18,19). The van der Waals surface area contributed by atoms with Crippen LogP contribution in [0.25, 0.3) is 0 Å². The second kappa shape index (κ2) is 6.47. The van der Waals surface area contributed by atoms with Gasteiger partial charge in [-0.25, -0.2) is 0 Å². The van der Waals surface area contributed by atoms with Gasteiger partial charge in [-0.05, 0) is 6.92 Å². The fourth-order valence-corrected chi connectivity index (χ4v) is 1.80. The Hall–Kier alpha value is -2.25. The summed E-state index contributed by atoms with van der Waals surface area (Å²) in [5.41, 5.74) is 0.135. The number of nitrogens with zero attached hydrogens (tertiary/aromatic N) is 1. The number of alkyl halides is 3. The van der Waals surface area contributed by atoms with Crippen LogP contribution in [0.4, 0.5) is 13.2 Å². The minimum atomic E-state index is -4.57. The van der Waals surface area contributed by atoms with Gasteiger partial charge in [0, 0.05) is 12.1 Å². The summed E-state index contributed by atoms with van der Waals surface area (Å²) in [5, 5.41) is 8.73. The highest BCUT2D eigenvalue weighted by atomic mass is 19.4. The Balaban J connectivity index is 3.11. The van der Waals surface area contributed by atoms with E-state index in [1.54, 1.807) is 0 Å². The molecule has 1 amide bonds. The zero-order valence-electron chi connectivity index (χ0n) is 11.2. The molecule has 1 aromatic heterocycles. The quantitative estimate of drug-likeness (QED) is 0.819. The van der Waals surface area contributed by atoms with Gasteiger partial charge in [0.25, 0.3) is 5.91 Å². The van der Waals surface area contributed by atoms with Crippen molar-refractivity contribution in [1.29, 1.82) is 0 Å². The molecule has 0 spiro atoms. The van der Waals surface area contributed by atoms with Crippen molar-refractivity contribution in [3.63, 3.8) is 0 Å². The van der Waals surface area contributed by atoms with Crippen molar-refractivity contribution in [3.8, 4) is 0 Å². The van der Waals surface area contributed by atoms with E-state index in [2.05, 4.69) is 6.58 Å². The minimum Gasteiger partial charge on any atom is -0.481 e. The lowest BCUT2D eigenvalue weighted by Crippen LogP contribution is -2.39. The van der Waals surface area contributed by atoms with Gasteiger partial charge in [0.15, 0.2) is 0 Å². The third kappa shape index (κ3) is 4.66. The molecular formula is C13H14F3NO4. The molecule has 1 aromatic rings. The van der Waals surface area contributed by atoms with Gasteiger partial charge in [0.1, 0.15) is 18.7 Å². The molecule has 1 N–H and O–H groups in total. The normalized spacial score (nSPS) is 11.2. The van der Waals surface area contributed by atoms with E-state index >= 15 is 0 Å². The van der Waals surface area contributed by atoms with Crippen LogP contribution in [0.3, 0.4) is 0 Å². The number of halogens is 3. The third-order valence-electron chi connectivity index (χ3n) is 2.58. The van der Waals surface area contributed by atoms with E-state index in [4.69, 9.17) is 9.52 Å². The molecule has 0 atom stereocenters. The lowest BCUT2D eigenvalue weighted by atomic mass is 10.1. The Bertz CT molecular complexity index is 548. The molecule has 1 heterocycles. The molecule has 0 aromatic carbocycles. The summed E-state index contributed by atoms with van der Waals surface area (Å²) in [7, 11) is 0. The van der Waals surface area contributed by atoms with Crippen LogP contribution in [0.15, 0.2) is 23.3 Å². The van der Waals surface area contributed by atoms with Crippen LogP contribution in [0.5, 0.6) is 0 Å². The van der Waals surface area contributed by atoms with Crippen LogP contribution >= 0.6 is 0 Å². The van der Waals surface area contributed by atoms with Crippen LogP contribution in [0.1, 0.15) is 21.7 Å². The minimum absolute atomic E-state index is 0.150. The molecule has 0 unspecified atom stereocenters. The van der Waals surface area contributed by atoms with Gasteiger partial charge in [-0.2, -0.15) is 13.2 Å². The zero-order valence-corrected chi connectivity index (χ0v) is 11.2. The van der Waals surface area contributed by atoms with E-state index < -0.39 is 31.0 Å². The van der Waals surface area contributed by atoms with Crippen LogP contribution in [-0.4, -0.2) is 41.1 Å². The Morgan fingerprint density at radius 3 is 2.57 bits per heavy atom. The molecule has 0 aliphatic rings. The van der Waals surface area contributed by atoms with Gasteiger partial charge in [0.2, 0.25) is 0 Å². The number of furan rings is 1. The topological polar surface area (TPSA) is 70.8 Å². The summed E-state index contributed by atoms with van der Waals surface area (Å²) in [4.78, 5) is 23.5. The molecule has 5 nitrogen and oxygen atoms in total. The monoisotopic (exact) mass is 305 g/mol. The first-order valence-corrected chi connectivity index (χ1v) is 5.91. The molecule has 0 bridgehead atoms. The van der Waals surface area contributed by atoms with Crippen LogP contribution in [0.2, 0.25) is 0 Å². The summed E-state index contributed by atoms with van der Waals surface area (Å²) >= 11 is 0. The highest BCUT2D eigenvalue weighted by molar-refractivity contribution is 5.97. The number of hydrogen-bond donors (Lipinski definition) is 1. The lowest BCUT2D eigenvalue weighted by molar-refractivity contribution is -0.140. The maximum absolute atomic E-state index is 12.5. The zero-order chi connectivity index (χ0) is 16.2. The first-order chi connectivity index (χ1) is 9.65. The average Bonchev–Trinajstić information content (AvgIpc) is 2.66. The van der Waals surface area contributed by atoms with E-state index in [0.717, 1.165) is 12.3 Å². The summed E-state index contributed by atoms with van der Waals surface area (Å²) in [6.45, 7) is 3.01. The largest absolute Gasteiger partial charge is 0.481 e. The van der Waals surface area contributed by atoms with E-state index in [9.17, 15) is 22.8 Å². The molecule has 0 saturated heterocycles. The van der Waals surface area contributed by atoms with Crippen molar-refractivity contribution in [1.82, 2.24) is 4.90 Å². The van der Waals surface area contributed by atoms with Gasteiger partial charge in [-0.3, -0.25) is 9.59 Å². The van der Waals surface area contributed by atoms with E-state index in [-0.39, 0.29) is 23.4 Å². The molecule has 0 fully saturated rings. The summed E-state index contributed by atoms with van der Waals surface area (Å²) in [5.74, 6) is -2.35. The van der Waals surface area contributed by atoms with Crippen LogP contribution in [-0.2, 0) is 11.2 Å². The number of rotatable bonds is 6. The lowest BCUT2D eigenvalue weighted by Gasteiger charge is -2.22. The fraction of sp³-hybridized carbons (Fsp3) is 0.385. The number of carbonyl (C=O) groups excluding carboxylic acids is 1.